The lowest BCUT2D eigenvalue weighted by atomic mass is 10.1. The van der Waals surface area contributed by atoms with E-state index >= 15 is 0 Å². The van der Waals surface area contributed by atoms with Crippen LogP contribution >= 0.6 is 11.8 Å². The molecule has 3 N–H and O–H groups in total. The van der Waals surface area contributed by atoms with Crippen LogP contribution in [-0.4, -0.2) is 32.2 Å². The summed E-state index contributed by atoms with van der Waals surface area (Å²) in [5.74, 6) is -0.947. The molecule has 0 aliphatic heterocycles. The third kappa shape index (κ3) is 6.01. The highest BCUT2D eigenvalue weighted by atomic mass is 32.2. The second kappa shape index (κ2) is 10.5. The number of rotatable bonds is 7. The van der Waals surface area contributed by atoms with Crippen molar-refractivity contribution in [1.29, 1.82) is 0 Å². The molecule has 3 rings (SSSR count). The summed E-state index contributed by atoms with van der Waals surface area (Å²) in [6.07, 6.45) is -4.38. The van der Waals surface area contributed by atoms with Gasteiger partial charge >= 0.3 is 6.18 Å². The van der Waals surface area contributed by atoms with E-state index in [1.54, 1.807) is 31.2 Å². The first-order valence-corrected chi connectivity index (χ1v) is 11.0. The van der Waals surface area contributed by atoms with E-state index in [2.05, 4.69) is 25.8 Å². The second-order valence-electron chi connectivity index (χ2n) is 7.05. The SMILES string of the molecule is CCC(=O)Nc1ccccc1-c1nnc(S[C@@H](C)C(=O)Nc2ccccc2C(F)(F)F)[nH]c1=O. The topological polar surface area (TPSA) is 117 Å². The Morgan fingerprint density at radius 1 is 1.03 bits per heavy atom. The van der Waals surface area contributed by atoms with Crippen molar-refractivity contribution in [3.8, 4) is 11.3 Å². The average Bonchev–Trinajstić information content (AvgIpc) is 2.79. The van der Waals surface area contributed by atoms with Crippen molar-refractivity contribution < 1.29 is 22.8 Å². The number of benzene rings is 2. The Balaban J connectivity index is 1.76. The van der Waals surface area contributed by atoms with Gasteiger partial charge in [0.15, 0.2) is 10.9 Å². The maximum Gasteiger partial charge on any atom is 0.418 e. The molecule has 3 aromatic rings. The standard InChI is InChI=1S/C22H20F3N5O3S/c1-3-17(31)26-15-10-6-4-8-13(15)18-20(33)28-21(30-29-18)34-12(2)19(32)27-16-11-7-5-9-14(16)22(23,24)25/h4-12H,3H2,1-2H3,(H,26,31)(H,27,32)(H,28,30,33)/t12-/m0/s1. The highest BCUT2D eigenvalue weighted by Gasteiger charge is 2.34. The lowest BCUT2D eigenvalue weighted by Crippen LogP contribution is -2.25. The Morgan fingerprint density at radius 3 is 2.32 bits per heavy atom. The van der Waals surface area contributed by atoms with Gasteiger partial charge in [-0.1, -0.05) is 49.0 Å². The molecule has 0 aliphatic carbocycles. The lowest BCUT2D eigenvalue weighted by molar-refractivity contribution is -0.137. The summed E-state index contributed by atoms with van der Waals surface area (Å²) in [6.45, 7) is 3.15. The first-order chi connectivity index (χ1) is 16.1. The van der Waals surface area contributed by atoms with Crippen molar-refractivity contribution in [2.45, 2.75) is 36.9 Å². The van der Waals surface area contributed by atoms with Crippen molar-refractivity contribution in [1.82, 2.24) is 15.2 Å². The highest BCUT2D eigenvalue weighted by molar-refractivity contribution is 8.00. The molecule has 1 atom stereocenters. The first kappa shape index (κ1) is 25.0. The molecule has 2 aromatic carbocycles. The molecule has 0 radical (unpaired) electrons. The van der Waals surface area contributed by atoms with Crippen molar-refractivity contribution in [2.75, 3.05) is 10.6 Å². The third-order valence-electron chi connectivity index (χ3n) is 4.60. The summed E-state index contributed by atoms with van der Waals surface area (Å²) in [7, 11) is 0. The Bertz CT molecular complexity index is 1260. The molecule has 0 spiro atoms. The molecule has 1 aromatic heterocycles. The molecule has 12 heteroatoms. The van der Waals surface area contributed by atoms with Crippen molar-refractivity contribution in [2.24, 2.45) is 0 Å². The molecule has 8 nitrogen and oxygen atoms in total. The number of hydrogen-bond donors (Lipinski definition) is 3. The Kier molecular flexibility index (Phi) is 7.72. The molecule has 0 aliphatic rings. The van der Waals surface area contributed by atoms with Crippen LogP contribution in [0.4, 0.5) is 24.5 Å². The third-order valence-corrected chi connectivity index (χ3v) is 5.58. The molecule has 34 heavy (non-hydrogen) atoms. The van der Waals surface area contributed by atoms with Gasteiger partial charge in [-0.3, -0.25) is 19.4 Å². The van der Waals surface area contributed by atoms with Crippen LogP contribution in [0, 0.1) is 0 Å². The van der Waals surface area contributed by atoms with E-state index in [1.165, 1.54) is 19.1 Å². The summed E-state index contributed by atoms with van der Waals surface area (Å²) >= 11 is 0.829. The van der Waals surface area contributed by atoms with Gasteiger partial charge < -0.3 is 10.6 Å². The number of H-pyrrole nitrogens is 1. The fraction of sp³-hybridized carbons (Fsp3) is 0.227. The van der Waals surface area contributed by atoms with Gasteiger partial charge in [-0.2, -0.15) is 13.2 Å². The summed E-state index contributed by atoms with van der Waals surface area (Å²) in [5.41, 5.74) is -1.21. The number of amides is 2. The van der Waals surface area contributed by atoms with E-state index in [1.807, 2.05) is 0 Å². The molecular formula is C22H20F3N5O3S. The van der Waals surface area contributed by atoms with Gasteiger partial charge in [0.2, 0.25) is 11.8 Å². The molecule has 0 bridgehead atoms. The van der Waals surface area contributed by atoms with Crippen molar-refractivity contribution >= 4 is 35.0 Å². The number of nitrogens with one attached hydrogen (secondary N) is 3. The molecule has 0 fully saturated rings. The van der Waals surface area contributed by atoms with Gasteiger partial charge in [0, 0.05) is 12.0 Å². The van der Waals surface area contributed by atoms with Gasteiger partial charge in [0.05, 0.1) is 22.2 Å². The van der Waals surface area contributed by atoms with Crippen LogP contribution in [-0.2, 0) is 15.8 Å². The van der Waals surface area contributed by atoms with Crippen LogP contribution in [0.1, 0.15) is 25.8 Å². The Morgan fingerprint density at radius 2 is 1.68 bits per heavy atom. The quantitative estimate of drug-likeness (QED) is 0.424. The van der Waals surface area contributed by atoms with E-state index in [0.29, 0.717) is 11.3 Å². The zero-order valence-electron chi connectivity index (χ0n) is 18.1. The minimum atomic E-state index is -4.63. The summed E-state index contributed by atoms with van der Waals surface area (Å²) in [5, 5.41) is 11.9. The van der Waals surface area contributed by atoms with Gasteiger partial charge in [0.25, 0.3) is 5.56 Å². The number of carbonyl (C=O) groups is 2. The van der Waals surface area contributed by atoms with E-state index in [4.69, 9.17) is 0 Å². The smallest absolute Gasteiger partial charge is 0.325 e. The van der Waals surface area contributed by atoms with E-state index in [-0.39, 0.29) is 28.9 Å². The fourth-order valence-corrected chi connectivity index (χ4v) is 3.62. The molecule has 0 saturated carbocycles. The molecular weight excluding hydrogens is 471 g/mol. The summed E-state index contributed by atoms with van der Waals surface area (Å²) in [6, 6.07) is 11.2. The van der Waals surface area contributed by atoms with Crippen LogP contribution in [0.2, 0.25) is 0 Å². The fourth-order valence-electron chi connectivity index (χ4n) is 2.88. The van der Waals surface area contributed by atoms with Crippen LogP contribution in [0.15, 0.2) is 58.5 Å². The largest absolute Gasteiger partial charge is 0.418 e. The van der Waals surface area contributed by atoms with Crippen LogP contribution < -0.4 is 16.2 Å². The monoisotopic (exact) mass is 491 g/mol. The van der Waals surface area contributed by atoms with Crippen molar-refractivity contribution in [3.63, 3.8) is 0 Å². The number of thioether (sulfide) groups is 1. The predicted molar refractivity (Wildman–Crippen MR) is 122 cm³/mol. The number of anilines is 2. The van der Waals surface area contributed by atoms with Gasteiger partial charge in [-0.05, 0) is 25.1 Å². The molecule has 178 valence electrons. The summed E-state index contributed by atoms with van der Waals surface area (Å²) < 4.78 is 39.4. The van der Waals surface area contributed by atoms with Gasteiger partial charge in [0.1, 0.15) is 0 Å². The summed E-state index contributed by atoms with van der Waals surface area (Å²) in [4.78, 5) is 39.4. The normalized spacial score (nSPS) is 12.1. The zero-order valence-corrected chi connectivity index (χ0v) is 18.9. The number of aromatic nitrogens is 3. The lowest BCUT2D eigenvalue weighted by Gasteiger charge is -2.16. The predicted octanol–water partition coefficient (Wildman–Crippen LogP) is 4.32. The Labute approximate surface area is 196 Å². The molecule has 2 amide bonds. The molecule has 0 unspecified atom stereocenters. The Hall–Kier alpha value is -3.67. The minimum absolute atomic E-state index is 0.00980. The number of halogens is 3. The number of alkyl halides is 3. The van der Waals surface area contributed by atoms with Gasteiger partial charge in [-0.15, -0.1) is 10.2 Å². The van der Waals surface area contributed by atoms with Crippen LogP contribution in [0.5, 0.6) is 0 Å². The maximum atomic E-state index is 13.1. The number of hydrogen-bond acceptors (Lipinski definition) is 6. The number of carbonyl (C=O) groups excluding carboxylic acids is 2. The average molecular weight is 491 g/mol. The highest BCUT2D eigenvalue weighted by Crippen LogP contribution is 2.35. The molecule has 0 saturated heterocycles. The van der Waals surface area contributed by atoms with Gasteiger partial charge in [-0.25, -0.2) is 0 Å². The van der Waals surface area contributed by atoms with Crippen molar-refractivity contribution in [3.05, 3.63) is 64.4 Å². The molecule has 1 heterocycles. The van der Waals surface area contributed by atoms with E-state index in [9.17, 15) is 27.6 Å². The zero-order chi connectivity index (χ0) is 24.9. The maximum absolute atomic E-state index is 13.1. The number of nitrogens with zero attached hydrogens (tertiary/aromatic N) is 2. The number of para-hydroxylation sites is 2. The van der Waals surface area contributed by atoms with Crippen LogP contribution in [0.3, 0.4) is 0 Å². The number of aromatic amines is 1. The van der Waals surface area contributed by atoms with Crippen LogP contribution in [0.25, 0.3) is 11.3 Å². The van der Waals surface area contributed by atoms with E-state index < -0.39 is 28.5 Å². The van der Waals surface area contributed by atoms with E-state index in [0.717, 1.165) is 23.9 Å². The second-order valence-corrected chi connectivity index (χ2v) is 8.38. The first-order valence-electron chi connectivity index (χ1n) is 10.1. The minimum Gasteiger partial charge on any atom is -0.325 e.